The van der Waals surface area contributed by atoms with Crippen molar-refractivity contribution in [1.29, 1.82) is 0 Å². The lowest BCUT2D eigenvalue weighted by molar-refractivity contribution is 0.275. The molecule has 1 heterocycles. The van der Waals surface area contributed by atoms with Crippen LogP contribution < -0.4 is 5.32 Å². The molecular formula is C12H16FNO. The number of aliphatic hydroxyl groups excluding tert-OH is 1. The molecule has 0 aliphatic carbocycles. The highest BCUT2D eigenvalue weighted by atomic mass is 19.1. The fourth-order valence-corrected chi connectivity index (χ4v) is 2.09. The summed E-state index contributed by atoms with van der Waals surface area (Å²) in [5.74, 6) is -0.319. The van der Waals surface area contributed by atoms with Gasteiger partial charge in [0.2, 0.25) is 0 Å². The molecule has 15 heavy (non-hydrogen) atoms. The molecule has 1 unspecified atom stereocenters. The molecule has 3 heteroatoms. The van der Waals surface area contributed by atoms with E-state index < -0.39 is 0 Å². The number of nitrogens with one attached hydrogen (secondary N) is 1. The lowest BCUT2D eigenvalue weighted by Crippen LogP contribution is -2.23. The minimum atomic E-state index is -0.319. The average Bonchev–Trinajstić information content (AvgIpc) is 2.73. The molecule has 2 nitrogen and oxygen atoms in total. The fourth-order valence-electron chi connectivity index (χ4n) is 2.09. The third kappa shape index (κ3) is 2.55. The summed E-state index contributed by atoms with van der Waals surface area (Å²) in [4.78, 5) is 0. The highest BCUT2D eigenvalue weighted by molar-refractivity contribution is 5.25. The van der Waals surface area contributed by atoms with Crippen LogP contribution >= 0.6 is 0 Å². The summed E-state index contributed by atoms with van der Waals surface area (Å²) in [6.45, 7) is 0.858. The van der Waals surface area contributed by atoms with Crippen LogP contribution in [0.15, 0.2) is 18.2 Å². The van der Waals surface area contributed by atoms with Crippen molar-refractivity contribution in [2.45, 2.75) is 31.9 Å². The van der Waals surface area contributed by atoms with E-state index in [9.17, 15) is 4.39 Å². The Morgan fingerprint density at radius 1 is 1.47 bits per heavy atom. The second kappa shape index (κ2) is 4.73. The molecule has 0 spiro atoms. The Bertz CT molecular complexity index is 334. The Morgan fingerprint density at radius 2 is 2.33 bits per heavy atom. The highest BCUT2D eigenvalue weighted by Crippen LogP contribution is 2.15. The van der Waals surface area contributed by atoms with Gasteiger partial charge in [-0.1, -0.05) is 12.1 Å². The summed E-state index contributed by atoms with van der Waals surface area (Å²) in [6.07, 6.45) is 3.33. The molecule has 1 atom stereocenters. The minimum absolute atomic E-state index is 0.224. The summed E-state index contributed by atoms with van der Waals surface area (Å²) < 4.78 is 13.1. The van der Waals surface area contributed by atoms with Crippen LogP contribution in [0.5, 0.6) is 0 Å². The lowest BCUT2D eigenvalue weighted by atomic mass is 10.0. The van der Waals surface area contributed by atoms with E-state index in [2.05, 4.69) is 5.32 Å². The first kappa shape index (κ1) is 10.6. The first-order valence-electron chi connectivity index (χ1n) is 5.41. The maximum absolute atomic E-state index is 13.1. The zero-order chi connectivity index (χ0) is 10.7. The molecule has 0 saturated carbocycles. The first-order chi connectivity index (χ1) is 7.29. The van der Waals surface area contributed by atoms with Gasteiger partial charge in [0, 0.05) is 11.6 Å². The first-order valence-corrected chi connectivity index (χ1v) is 5.41. The van der Waals surface area contributed by atoms with Gasteiger partial charge < -0.3 is 10.4 Å². The molecule has 1 aliphatic heterocycles. The van der Waals surface area contributed by atoms with Gasteiger partial charge in [0.05, 0.1) is 6.61 Å². The summed E-state index contributed by atoms with van der Waals surface area (Å²) >= 11 is 0. The van der Waals surface area contributed by atoms with Gasteiger partial charge in [-0.05, 0) is 37.4 Å². The number of rotatable bonds is 3. The Balaban J connectivity index is 2.07. The number of halogens is 1. The van der Waals surface area contributed by atoms with Gasteiger partial charge in [-0.3, -0.25) is 0 Å². The molecule has 1 fully saturated rings. The van der Waals surface area contributed by atoms with E-state index in [0.29, 0.717) is 11.6 Å². The van der Waals surface area contributed by atoms with Crippen molar-refractivity contribution in [2.24, 2.45) is 0 Å². The predicted octanol–water partition coefficient (Wildman–Crippen LogP) is 1.61. The van der Waals surface area contributed by atoms with Gasteiger partial charge in [0.25, 0.3) is 0 Å². The van der Waals surface area contributed by atoms with Gasteiger partial charge in [-0.25, -0.2) is 4.39 Å². The second-order valence-corrected chi connectivity index (χ2v) is 4.08. The van der Waals surface area contributed by atoms with E-state index in [1.165, 1.54) is 18.9 Å². The lowest BCUT2D eigenvalue weighted by Gasteiger charge is -2.11. The van der Waals surface area contributed by atoms with E-state index in [0.717, 1.165) is 18.5 Å². The fraction of sp³-hybridized carbons (Fsp3) is 0.500. The van der Waals surface area contributed by atoms with Gasteiger partial charge >= 0.3 is 0 Å². The predicted molar refractivity (Wildman–Crippen MR) is 57.1 cm³/mol. The molecule has 2 N–H and O–H groups in total. The zero-order valence-corrected chi connectivity index (χ0v) is 8.67. The van der Waals surface area contributed by atoms with E-state index in [-0.39, 0.29) is 12.4 Å². The van der Waals surface area contributed by atoms with Crippen molar-refractivity contribution in [2.75, 3.05) is 6.54 Å². The number of aliphatic hydroxyl groups is 1. The van der Waals surface area contributed by atoms with E-state index in [4.69, 9.17) is 5.11 Å². The van der Waals surface area contributed by atoms with Crippen LogP contribution in [0.4, 0.5) is 4.39 Å². The molecule has 82 valence electrons. The topological polar surface area (TPSA) is 32.3 Å². The average molecular weight is 209 g/mol. The largest absolute Gasteiger partial charge is 0.392 e. The van der Waals surface area contributed by atoms with Crippen molar-refractivity contribution in [3.05, 3.63) is 35.1 Å². The van der Waals surface area contributed by atoms with Crippen LogP contribution in [-0.2, 0) is 13.0 Å². The Labute approximate surface area is 89.1 Å². The SMILES string of the molecule is OCc1cc(CC2CCCN2)ccc1F. The molecule has 0 amide bonds. The normalized spacial score (nSPS) is 20.8. The highest BCUT2D eigenvalue weighted by Gasteiger charge is 2.14. The molecule has 1 aliphatic rings. The zero-order valence-electron chi connectivity index (χ0n) is 8.67. The van der Waals surface area contributed by atoms with Gasteiger partial charge in [0.15, 0.2) is 0 Å². The molecule has 0 radical (unpaired) electrons. The van der Waals surface area contributed by atoms with E-state index in [1.54, 1.807) is 12.1 Å². The van der Waals surface area contributed by atoms with Crippen LogP contribution in [0.25, 0.3) is 0 Å². The second-order valence-electron chi connectivity index (χ2n) is 4.08. The molecule has 1 saturated heterocycles. The van der Waals surface area contributed by atoms with E-state index >= 15 is 0 Å². The van der Waals surface area contributed by atoms with Crippen LogP contribution in [-0.4, -0.2) is 17.7 Å². The van der Waals surface area contributed by atoms with E-state index in [1.807, 2.05) is 0 Å². The molecule has 0 aromatic heterocycles. The van der Waals surface area contributed by atoms with Gasteiger partial charge in [0.1, 0.15) is 5.82 Å². The Kier molecular flexibility index (Phi) is 3.34. The van der Waals surface area contributed by atoms with Crippen molar-refractivity contribution in [3.63, 3.8) is 0 Å². The van der Waals surface area contributed by atoms with Crippen LogP contribution in [0.1, 0.15) is 24.0 Å². The Hall–Kier alpha value is -0.930. The maximum Gasteiger partial charge on any atom is 0.128 e. The third-order valence-corrected chi connectivity index (χ3v) is 2.92. The summed E-state index contributed by atoms with van der Waals surface area (Å²) in [5, 5.41) is 12.3. The third-order valence-electron chi connectivity index (χ3n) is 2.92. The Morgan fingerprint density at radius 3 is 3.00 bits per heavy atom. The van der Waals surface area contributed by atoms with Crippen molar-refractivity contribution in [1.82, 2.24) is 5.32 Å². The number of hydrogen-bond acceptors (Lipinski definition) is 2. The van der Waals surface area contributed by atoms with Crippen molar-refractivity contribution >= 4 is 0 Å². The van der Waals surface area contributed by atoms with Crippen molar-refractivity contribution < 1.29 is 9.50 Å². The maximum atomic E-state index is 13.1. The molecule has 2 rings (SSSR count). The molecule has 1 aromatic rings. The minimum Gasteiger partial charge on any atom is -0.392 e. The summed E-state index contributed by atoms with van der Waals surface area (Å²) in [6, 6.07) is 5.52. The smallest absolute Gasteiger partial charge is 0.128 e. The standard InChI is InChI=1S/C12H16FNO/c13-12-4-3-9(6-10(12)8-15)7-11-2-1-5-14-11/h3-4,6,11,14-15H,1-2,5,7-8H2. The molecule has 1 aromatic carbocycles. The van der Waals surface area contributed by atoms with Gasteiger partial charge in [-0.2, -0.15) is 0 Å². The van der Waals surface area contributed by atoms with Crippen LogP contribution in [0, 0.1) is 5.82 Å². The molecular weight excluding hydrogens is 193 g/mol. The van der Waals surface area contributed by atoms with Gasteiger partial charge in [-0.15, -0.1) is 0 Å². The number of benzene rings is 1. The summed E-state index contributed by atoms with van der Waals surface area (Å²) in [5.41, 5.74) is 1.49. The van der Waals surface area contributed by atoms with Crippen LogP contribution in [0.3, 0.4) is 0 Å². The van der Waals surface area contributed by atoms with Crippen molar-refractivity contribution in [3.8, 4) is 0 Å². The molecule has 0 bridgehead atoms. The van der Waals surface area contributed by atoms with Crippen LogP contribution in [0.2, 0.25) is 0 Å². The number of hydrogen-bond donors (Lipinski definition) is 2. The monoisotopic (exact) mass is 209 g/mol. The quantitative estimate of drug-likeness (QED) is 0.792. The summed E-state index contributed by atoms with van der Waals surface area (Å²) in [7, 11) is 0.